The zero-order chi connectivity index (χ0) is 20.7. The third kappa shape index (κ3) is 3.15. The van der Waals surface area contributed by atoms with Crippen LogP contribution >= 0.6 is 11.3 Å². The van der Waals surface area contributed by atoms with Gasteiger partial charge in [-0.15, -0.1) is 11.3 Å². The highest BCUT2D eigenvalue weighted by Gasteiger charge is 2.45. The Morgan fingerprint density at radius 3 is 2.48 bits per heavy atom. The summed E-state index contributed by atoms with van der Waals surface area (Å²) < 4.78 is 14.8. The molecular weight excluding hydrogens is 389 g/mol. The van der Waals surface area contributed by atoms with E-state index < -0.39 is 29.3 Å². The number of ketones is 1. The van der Waals surface area contributed by atoms with E-state index in [0.717, 1.165) is 11.1 Å². The largest absolute Gasteiger partial charge is 0.503 e. The molecule has 1 N–H and O–H groups in total. The van der Waals surface area contributed by atoms with Gasteiger partial charge in [-0.3, -0.25) is 14.5 Å². The number of anilines is 1. The molecule has 2 aromatic carbocycles. The van der Waals surface area contributed by atoms with Gasteiger partial charge in [0.15, 0.2) is 5.76 Å². The number of Topliss-reactive ketones (excluding diaryl/α,β-unsaturated/α-hetero) is 1. The molecule has 3 aromatic rings. The highest BCUT2D eigenvalue weighted by atomic mass is 32.1. The highest BCUT2D eigenvalue weighted by Crippen LogP contribution is 2.43. The number of carbonyl (C=O) groups excluding carboxylic acids is 2. The summed E-state index contributed by atoms with van der Waals surface area (Å²) in [7, 11) is 0. The van der Waals surface area contributed by atoms with Gasteiger partial charge in [-0.1, -0.05) is 30.3 Å². The number of amides is 1. The van der Waals surface area contributed by atoms with E-state index in [2.05, 4.69) is 0 Å². The standard InChI is InChI=1S/C23H18FNO3S/c1-13-9-10-15(12-14(13)2)25-20(16-6-3-4-7-17(16)24)19(22(27)23(25)28)21(26)18-8-5-11-29-18/h3-12,20,27H,1-2H3. The van der Waals surface area contributed by atoms with E-state index in [1.165, 1.54) is 28.4 Å². The molecule has 146 valence electrons. The average Bonchev–Trinajstić information content (AvgIpc) is 3.32. The molecule has 1 amide bonds. The van der Waals surface area contributed by atoms with Crippen LogP contribution in [0.15, 0.2) is 71.3 Å². The van der Waals surface area contributed by atoms with Gasteiger partial charge < -0.3 is 5.11 Å². The fourth-order valence-electron chi connectivity index (χ4n) is 3.51. The molecule has 1 aliphatic rings. The first-order valence-electron chi connectivity index (χ1n) is 9.06. The number of aliphatic hydroxyl groups excluding tert-OH is 1. The molecule has 0 saturated heterocycles. The maximum Gasteiger partial charge on any atom is 0.294 e. The molecule has 1 atom stereocenters. The lowest BCUT2D eigenvalue weighted by Gasteiger charge is -2.27. The summed E-state index contributed by atoms with van der Waals surface area (Å²) in [6.45, 7) is 3.85. The Morgan fingerprint density at radius 2 is 1.83 bits per heavy atom. The van der Waals surface area contributed by atoms with E-state index in [1.54, 1.807) is 41.8 Å². The molecule has 1 aliphatic heterocycles. The number of hydrogen-bond donors (Lipinski definition) is 1. The molecule has 0 fully saturated rings. The van der Waals surface area contributed by atoms with Gasteiger partial charge in [-0.2, -0.15) is 0 Å². The van der Waals surface area contributed by atoms with Crippen LogP contribution in [0.1, 0.15) is 32.4 Å². The van der Waals surface area contributed by atoms with Crippen LogP contribution in [0.3, 0.4) is 0 Å². The predicted molar refractivity (Wildman–Crippen MR) is 111 cm³/mol. The molecule has 6 heteroatoms. The van der Waals surface area contributed by atoms with Crippen molar-refractivity contribution in [1.29, 1.82) is 0 Å². The number of rotatable bonds is 4. The second kappa shape index (κ2) is 7.29. The molecule has 4 nitrogen and oxygen atoms in total. The monoisotopic (exact) mass is 407 g/mol. The van der Waals surface area contributed by atoms with Crippen molar-refractivity contribution < 1.29 is 19.1 Å². The van der Waals surface area contributed by atoms with E-state index in [9.17, 15) is 19.1 Å². The Morgan fingerprint density at radius 1 is 1.07 bits per heavy atom. The lowest BCUT2D eigenvalue weighted by atomic mass is 9.94. The lowest BCUT2D eigenvalue weighted by molar-refractivity contribution is -0.117. The van der Waals surface area contributed by atoms with Crippen LogP contribution in [0.4, 0.5) is 10.1 Å². The molecule has 2 heterocycles. The van der Waals surface area contributed by atoms with E-state index in [4.69, 9.17) is 0 Å². The van der Waals surface area contributed by atoms with Gasteiger partial charge in [-0.05, 0) is 54.6 Å². The maximum atomic E-state index is 14.8. The summed E-state index contributed by atoms with van der Waals surface area (Å²) >= 11 is 1.21. The Hall–Kier alpha value is -3.25. The second-order valence-electron chi connectivity index (χ2n) is 6.94. The summed E-state index contributed by atoms with van der Waals surface area (Å²) in [5, 5.41) is 12.4. The minimum absolute atomic E-state index is 0.110. The summed E-state index contributed by atoms with van der Waals surface area (Å²) in [6, 6.07) is 13.7. The van der Waals surface area contributed by atoms with Crippen LogP contribution in [0.25, 0.3) is 0 Å². The molecule has 0 aliphatic carbocycles. The van der Waals surface area contributed by atoms with E-state index in [1.807, 2.05) is 19.9 Å². The Balaban J connectivity index is 1.92. The topological polar surface area (TPSA) is 57.6 Å². The van der Waals surface area contributed by atoms with Gasteiger partial charge in [0.05, 0.1) is 16.5 Å². The third-order valence-electron chi connectivity index (χ3n) is 5.17. The number of carbonyl (C=O) groups is 2. The first-order chi connectivity index (χ1) is 13.9. The van der Waals surface area contributed by atoms with Crippen molar-refractivity contribution in [3.63, 3.8) is 0 Å². The highest BCUT2D eigenvalue weighted by molar-refractivity contribution is 7.12. The van der Waals surface area contributed by atoms with Crippen LogP contribution in [0.5, 0.6) is 0 Å². The number of aryl methyl sites for hydroxylation is 2. The number of thiophene rings is 1. The quantitative estimate of drug-likeness (QED) is 0.598. The molecule has 1 unspecified atom stereocenters. The number of aliphatic hydroxyl groups is 1. The fourth-order valence-corrected chi connectivity index (χ4v) is 4.19. The first kappa shape index (κ1) is 19.1. The Labute approximate surface area is 171 Å². The van der Waals surface area contributed by atoms with Crippen LogP contribution in [0, 0.1) is 19.7 Å². The average molecular weight is 407 g/mol. The van der Waals surface area contributed by atoms with Crippen LogP contribution in [-0.4, -0.2) is 16.8 Å². The smallest absolute Gasteiger partial charge is 0.294 e. The predicted octanol–water partition coefficient (Wildman–Crippen LogP) is 5.29. The van der Waals surface area contributed by atoms with Gasteiger partial charge >= 0.3 is 0 Å². The van der Waals surface area contributed by atoms with E-state index in [-0.39, 0.29) is 11.1 Å². The van der Waals surface area contributed by atoms with Crippen molar-refractivity contribution in [2.75, 3.05) is 4.90 Å². The van der Waals surface area contributed by atoms with Crippen molar-refractivity contribution in [3.05, 3.63) is 98.7 Å². The molecule has 0 saturated carbocycles. The van der Waals surface area contributed by atoms with Gasteiger partial charge in [0, 0.05) is 11.3 Å². The van der Waals surface area contributed by atoms with Crippen LogP contribution < -0.4 is 4.90 Å². The van der Waals surface area contributed by atoms with Gasteiger partial charge in [-0.25, -0.2) is 4.39 Å². The van der Waals surface area contributed by atoms with Gasteiger partial charge in [0.1, 0.15) is 5.82 Å². The number of nitrogens with zero attached hydrogens (tertiary/aromatic N) is 1. The minimum atomic E-state index is -1.06. The zero-order valence-corrected chi connectivity index (χ0v) is 16.7. The van der Waals surface area contributed by atoms with Crippen LogP contribution in [0.2, 0.25) is 0 Å². The van der Waals surface area contributed by atoms with E-state index >= 15 is 0 Å². The lowest BCUT2D eigenvalue weighted by Crippen LogP contribution is -2.31. The summed E-state index contributed by atoms with van der Waals surface area (Å²) in [5.41, 5.74) is 2.52. The van der Waals surface area contributed by atoms with Crippen LogP contribution in [-0.2, 0) is 4.79 Å². The number of hydrogen-bond acceptors (Lipinski definition) is 4. The Bertz CT molecular complexity index is 1150. The molecule has 0 radical (unpaired) electrons. The zero-order valence-electron chi connectivity index (χ0n) is 15.8. The van der Waals surface area contributed by atoms with Crippen molar-refractivity contribution in [3.8, 4) is 0 Å². The van der Waals surface area contributed by atoms with Gasteiger partial charge in [0.25, 0.3) is 5.91 Å². The first-order valence-corrected chi connectivity index (χ1v) is 9.94. The SMILES string of the molecule is Cc1ccc(N2C(=O)C(O)=C(C(=O)c3cccs3)C2c2ccccc2F)cc1C. The third-order valence-corrected chi connectivity index (χ3v) is 6.03. The summed E-state index contributed by atoms with van der Waals surface area (Å²) in [4.78, 5) is 27.8. The fraction of sp³-hybridized carbons (Fsp3) is 0.130. The number of benzene rings is 2. The number of halogens is 1. The minimum Gasteiger partial charge on any atom is -0.503 e. The molecule has 29 heavy (non-hydrogen) atoms. The molecular formula is C23H18FNO3S. The van der Waals surface area contributed by atoms with E-state index in [0.29, 0.717) is 10.6 Å². The normalized spacial score (nSPS) is 16.6. The van der Waals surface area contributed by atoms with Crippen molar-refractivity contribution in [1.82, 2.24) is 0 Å². The van der Waals surface area contributed by atoms with Gasteiger partial charge in [0.2, 0.25) is 5.78 Å². The summed E-state index contributed by atoms with van der Waals surface area (Å²) in [5.74, 6) is -2.40. The molecule has 0 spiro atoms. The van der Waals surface area contributed by atoms with Crippen molar-refractivity contribution in [2.45, 2.75) is 19.9 Å². The van der Waals surface area contributed by atoms with Crippen molar-refractivity contribution >= 4 is 28.7 Å². The second-order valence-corrected chi connectivity index (χ2v) is 7.88. The molecule has 0 bridgehead atoms. The molecule has 1 aromatic heterocycles. The summed E-state index contributed by atoms with van der Waals surface area (Å²) in [6.07, 6.45) is 0. The molecule has 4 rings (SSSR count). The van der Waals surface area contributed by atoms with Crippen molar-refractivity contribution in [2.24, 2.45) is 0 Å². The Kier molecular flexibility index (Phi) is 4.80. The maximum absolute atomic E-state index is 14.8.